The third-order valence-corrected chi connectivity index (χ3v) is 3.74. The van der Waals surface area contributed by atoms with E-state index in [9.17, 15) is 4.79 Å². The number of hydrogen-bond acceptors (Lipinski definition) is 1. The highest BCUT2D eigenvalue weighted by molar-refractivity contribution is 6.30. The SMILES string of the molecule is C[C@@H](Cc1ccc(Cl)cc1)NC(=O)[C@H]1CC=CCC1. The summed E-state index contributed by atoms with van der Waals surface area (Å²) in [6, 6.07) is 7.94. The zero-order valence-electron chi connectivity index (χ0n) is 11.2. The molecule has 0 heterocycles. The Kier molecular flexibility index (Phi) is 5.03. The van der Waals surface area contributed by atoms with E-state index in [4.69, 9.17) is 11.6 Å². The molecule has 19 heavy (non-hydrogen) atoms. The number of halogens is 1. The van der Waals surface area contributed by atoms with Gasteiger partial charge in [0, 0.05) is 17.0 Å². The number of hydrogen-bond donors (Lipinski definition) is 1. The standard InChI is InChI=1S/C16H20ClNO/c1-12(11-13-7-9-15(17)10-8-13)18-16(19)14-5-3-2-4-6-14/h2-3,7-10,12,14H,4-6,11H2,1H3,(H,18,19)/t12-,14-/m0/s1. The van der Waals surface area contributed by atoms with Gasteiger partial charge in [0.2, 0.25) is 5.91 Å². The van der Waals surface area contributed by atoms with E-state index in [2.05, 4.69) is 17.5 Å². The zero-order chi connectivity index (χ0) is 13.7. The molecule has 1 N–H and O–H groups in total. The highest BCUT2D eigenvalue weighted by Gasteiger charge is 2.19. The minimum absolute atomic E-state index is 0.151. The maximum atomic E-state index is 12.1. The summed E-state index contributed by atoms with van der Waals surface area (Å²) in [7, 11) is 0. The Morgan fingerprint density at radius 1 is 1.37 bits per heavy atom. The van der Waals surface area contributed by atoms with Crippen LogP contribution in [0.2, 0.25) is 5.02 Å². The largest absolute Gasteiger partial charge is 0.353 e. The van der Waals surface area contributed by atoms with E-state index in [0.717, 1.165) is 30.7 Å². The zero-order valence-corrected chi connectivity index (χ0v) is 12.0. The van der Waals surface area contributed by atoms with Crippen molar-refractivity contribution < 1.29 is 4.79 Å². The summed E-state index contributed by atoms with van der Waals surface area (Å²) >= 11 is 5.86. The molecule has 2 rings (SSSR count). The average molecular weight is 278 g/mol. The summed E-state index contributed by atoms with van der Waals surface area (Å²) in [5.74, 6) is 0.337. The van der Waals surface area contributed by atoms with Crippen LogP contribution in [0, 0.1) is 5.92 Å². The lowest BCUT2D eigenvalue weighted by Gasteiger charge is -2.21. The third kappa shape index (κ3) is 4.39. The van der Waals surface area contributed by atoms with Crippen LogP contribution in [0.3, 0.4) is 0 Å². The summed E-state index contributed by atoms with van der Waals surface area (Å²) in [6.07, 6.45) is 7.96. The van der Waals surface area contributed by atoms with Gasteiger partial charge in [0.1, 0.15) is 0 Å². The molecular formula is C16H20ClNO. The van der Waals surface area contributed by atoms with Gasteiger partial charge in [-0.25, -0.2) is 0 Å². The lowest BCUT2D eigenvalue weighted by atomic mass is 9.93. The lowest BCUT2D eigenvalue weighted by Crippen LogP contribution is -2.38. The van der Waals surface area contributed by atoms with Crippen molar-refractivity contribution in [1.82, 2.24) is 5.32 Å². The molecule has 1 aromatic carbocycles. The minimum atomic E-state index is 0.151. The maximum Gasteiger partial charge on any atom is 0.223 e. The minimum Gasteiger partial charge on any atom is -0.353 e. The van der Waals surface area contributed by atoms with Crippen molar-refractivity contribution in [3.63, 3.8) is 0 Å². The fourth-order valence-electron chi connectivity index (χ4n) is 2.42. The van der Waals surface area contributed by atoms with Gasteiger partial charge in [-0.3, -0.25) is 4.79 Å². The van der Waals surface area contributed by atoms with E-state index in [1.165, 1.54) is 5.56 Å². The molecule has 0 unspecified atom stereocenters. The van der Waals surface area contributed by atoms with Gasteiger partial charge in [-0.1, -0.05) is 35.9 Å². The average Bonchev–Trinajstić information content (AvgIpc) is 2.42. The molecule has 0 radical (unpaired) electrons. The maximum absolute atomic E-state index is 12.1. The number of carbonyl (C=O) groups excluding carboxylic acids is 1. The number of rotatable bonds is 4. The summed E-state index contributed by atoms with van der Waals surface area (Å²) in [4.78, 5) is 12.1. The van der Waals surface area contributed by atoms with E-state index in [1.54, 1.807) is 0 Å². The molecule has 3 heteroatoms. The first-order valence-electron chi connectivity index (χ1n) is 6.85. The van der Waals surface area contributed by atoms with Crippen LogP contribution in [-0.4, -0.2) is 11.9 Å². The summed E-state index contributed by atoms with van der Waals surface area (Å²) in [5.41, 5.74) is 1.20. The molecule has 0 spiro atoms. The first-order chi connectivity index (χ1) is 9.15. The van der Waals surface area contributed by atoms with E-state index >= 15 is 0 Å². The quantitative estimate of drug-likeness (QED) is 0.835. The first-order valence-corrected chi connectivity index (χ1v) is 7.23. The lowest BCUT2D eigenvalue weighted by molar-refractivity contribution is -0.125. The molecule has 1 aliphatic rings. The molecule has 2 atom stereocenters. The van der Waals surface area contributed by atoms with Gasteiger partial charge in [0.15, 0.2) is 0 Å². The van der Waals surface area contributed by atoms with Crippen molar-refractivity contribution in [2.75, 3.05) is 0 Å². The van der Waals surface area contributed by atoms with Crippen LogP contribution in [-0.2, 0) is 11.2 Å². The van der Waals surface area contributed by atoms with Gasteiger partial charge in [0.05, 0.1) is 0 Å². The fourth-order valence-corrected chi connectivity index (χ4v) is 2.54. The van der Waals surface area contributed by atoms with Crippen LogP contribution < -0.4 is 5.32 Å². The molecule has 0 bridgehead atoms. The molecule has 0 aromatic heterocycles. The normalized spacial score (nSPS) is 20.0. The van der Waals surface area contributed by atoms with Gasteiger partial charge in [0.25, 0.3) is 0 Å². The third-order valence-electron chi connectivity index (χ3n) is 3.48. The molecule has 1 aromatic rings. The van der Waals surface area contributed by atoms with Gasteiger partial charge >= 0.3 is 0 Å². The van der Waals surface area contributed by atoms with Crippen molar-refractivity contribution in [3.8, 4) is 0 Å². The van der Waals surface area contributed by atoms with Gasteiger partial charge in [-0.05, 0) is 50.3 Å². The van der Waals surface area contributed by atoms with E-state index in [1.807, 2.05) is 31.2 Å². The van der Waals surface area contributed by atoms with Gasteiger partial charge in [-0.15, -0.1) is 0 Å². The Morgan fingerprint density at radius 3 is 2.74 bits per heavy atom. The number of nitrogens with one attached hydrogen (secondary N) is 1. The Balaban J connectivity index is 1.83. The van der Waals surface area contributed by atoms with Gasteiger partial charge < -0.3 is 5.32 Å². The number of benzene rings is 1. The van der Waals surface area contributed by atoms with Crippen LogP contribution >= 0.6 is 11.6 Å². The second-order valence-electron chi connectivity index (χ2n) is 5.22. The van der Waals surface area contributed by atoms with Crippen LogP contribution in [0.5, 0.6) is 0 Å². The van der Waals surface area contributed by atoms with Crippen LogP contribution in [0.15, 0.2) is 36.4 Å². The Labute approximate surface area is 119 Å². The molecule has 0 aliphatic heterocycles. The van der Waals surface area contributed by atoms with Crippen molar-refractivity contribution in [3.05, 3.63) is 47.0 Å². The second-order valence-corrected chi connectivity index (χ2v) is 5.66. The van der Waals surface area contributed by atoms with Crippen molar-refractivity contribution in [2.24, 2.45) is 5.92 Å². The monoisotopic (exact) mass is 277 g/mol. The van der Waals surface area contributed by atoms with Crippen LogP contribution in [0.4, 0.5) is 0 Å². The molecule has 0 fully saturated rings. The molecule has 1 aliphatic carbocycles. The predicted octanol–water partition coefficient (Wildman–Crippen LogP) is 3.74. The number of amides is 1. The van der Waals surface area contributed by atoms with E-state index in [-0.39, 0.29) is 17.9 Å². The summed E-state index contributed by atoms with van der Waals surface area (Å²) in [6.45, 7) is 2.05. The highest BCUT2D eigenvalue weighted by atomic mass is 35.5. The molecule has 102 valence electrons. The van der Waals surface area contributed by atoms with Crippen molar-refractivity contribution >= 4 is 17.5 Å². The van der Waals surface area contributed by atoms with E-state index in [0.29, 0.717) is 0 Å². The topological polar surface area (TPSA) is 29.1 Å². The number of allylic oxidation sites excluding steroid dienone is 2. The molecular weight excluding hydrogens is 258 g/mol. The van der Waals surface area contributed by atoms with Crippen LogP contribution in [0.25, 0.3) is 0 Å². The predicted molar refractivity (Wildman–Crippen MR) is 79.2 cm³/mol. The summed E-state index contributed by atoms with van der Waals surface area (Å²) in [5, 5.41) is 3.85. The highest BCUT2D eigenvalue weighted by Crippen LogP contribution is 2.18. The number of carbonyl (C=O) groups is 1. The smallest absolute Gasteiger partial charge is 0.223 e. The van der Waals surface area contributed by atoms with Crippen molar-refractivity contribution in [1.29, 1.82) is 0 Å². The Bertz CT molecular complexity index is 452. The van der Waals surface area contributed by atoms with E-state index < -0.39 is 0 Å². The van der Waals surface area contributed by atoms with Gasteiger partial charge in [-0.2, -0.15) is 0 Å². The Morgan fingerprint density at radius 2 is 2.11 bits per heavy atom. The summed E-state index contributed by atoms with van der Waals surface area (Å²) < 4.78 is 0. The van der Waals surface area contributed by atoms with Crippen LogP contribution in [0.1, 0.15) is 31.7 Å². The molecule has 2 nitrogen and oxygen atoms in total. The first kappa shape index (κ1) is 14.1. The second kappa shape index (κ2) is 6.76. The molecule has 1 amide bonds. The molecule has 0 saturated carbocycles. The Hall–Kier alpha value is -1.28. The fraction of sp³-hybridized carbons (Fsp3) is 0.438. The molecule has 0 saturated heterocycles. The van der Waals surface area contributed by atoms with Crippen molar-refractivity contribution in [2.45, 2.75) is 38.6 Å².